The number of benzene rings is 2. The van der Waals surface area contributed by atoms with Gasteiger partial charge in [0.15, 0.2) is 0 Å². The maximum atomic E-state index is 12.6. The van der Waals surface area contributed by atoms with E-state index in [9.17, 15) is 4.79 Å². The fraction of sp³-hybridized carbons (Fsp3) is 0.235. The van der Waals surface area contributed by atoms with E-state index in [0.717, 1.165) is 17.7 Å². The minimum Gasteiger partial charge on any atom is -0.309 e. The monoisotopic (exact) mass is 285 g/mol. The first-order chi connectivity index (χ1) is 9.66. The summed E-state index contributed by atoms with van der Waals surface area (Å²) in [5, 5.41) is 0.654. The molecule has 1 amide bonds. The molecular weight excluding hydrogens is 270 g/mol. The van der Waals surface area contributed by atoms with E-state index in [1.54, 1.807) is 0 Å². The number of hydrogen-bond acceptors (Lipinski definition) is 1. The molecule has 0 saturated carbocycles. The minimum absolute atomic E-state index is 0.107. The molecule has 0 aliphatic carbocycles. The number of para-hydroxylation sites is 1. The van der Waals surface area contributed by atoms with Crippen molar-refractivity contribution in [2.45, 2.75) is 25.8 Å². The molecule has 3 heteroatoms. The van der Waals surface area contributed by atoms with E-state index in [2.05, 4.69) is 13.0 Å². The third-order valence-corrected chi connectivity index (χ3v) is 4.14. The van der Waals surface area contributed by atoms with Crippen LogP contribution in [0.25, 0.3) is 0 Å². The maximum absolute atomic E-state index is 12.6. The number of hydrogen-bond donors (Lipinski definition) is 0. The second-order valence-corrected chi connectivity index (χ2v) is 5.62. The Hall–Kier alpha value is -1.80. The number of rotatable bonds is 2. The molecule has 3 rings (SSSR count). The molecule has 1 aliphatic heterocycles. The SMILES string of the molecule is C[C@@H]1Cc2ccccc2N1C(=O)Cc1ccccc1Cl. The molecule has 0 fully saturated rings. The van der Waals surface area contributed by atoms with Gasteiger partial charge in [0, 0.05) is 16.8 Å². The molecule has 1 atom stereocenters. The van der Waals surface area contributed by atoms with Crippen molar-refractivity contribution in [2.75, 3.05) is 4.90 Å². The van der Waals surface area contributed by atoms with Crippen molar-refractivity contribution in [3.05, 3.63) is 64.7 Å². The van der Waals surface area contributed by atoms with Crippen molar-refractivity contribution in [3.63, 3.8) is 0 Å². The van der Waals surface area contributed by atoms with Gasteiger partial charge in [0.1, 0.15) is 0 Å². The average Bonchev–Trinajstić information content (AvgIpc) is 2.77. The number of nitrogens with zero attached hydrogens (tertiary/aromatic N) is 1. The Morgan fingerprint density at radius 1 is 1.20 bits per heavy atom. The molecule has 2 aromatic carbocycles. The first-order valence-corrected chi connectivity index (χ1v) is 7.18. The molecule has 102 valence electrons. The first kappa shape index (κ1) is 13.2. The van der Waals surface area contributed by atoms with Gasteiger partial charge in [-0.1, -0.05) is 48.0 Å². The van der Waals surface area contributed by atoms with Crippen molar-refractivity contribution < 1.29 is 4.79 Å². The summed E-state index contributed by atoms with van der Waals surface area (Å²) in [5.41, 5.74) is 3.17. The van der Waals surface area contributed by atoms with Crippen LogP contribution in [0.1, 0.15) is 18.1 Å². The Bertz CT molecular complexity index is 653. The summed E-state index contributed by atoms with van der Waals surface area (Å²) in [6, 6.07) is 15.8. The number of amides is 1. The van der Waals surface area contributed by atoms with Gasteiger partial charge in [0.05, 0.1) is 6.42 Å². The van der Waals surface area contributed by atoms with Crippen LogP contribution < -0.4 is 4.90 Å². The van der Waals surface area contributed by atoms with E-state index in [-0.39, 0.29) is 11.9 Å². The molecule has 0 spiro atoms. The fourth-order valence-corrected chi connectivity index (χ4v) is 3.04. The van der Waals surface area contributed by atoms with Crippen LogP contribution in [-0.4, -0.2) is 11.9 Å². The maximum Gasteiger partial charge on any atom is 0.231 e. The Balaban J connectivity index is 1.86. The van der Waals surface area contributed by atoms with Gasteiger partial charge < -0.3 is 4.90 Å². The van der Waals surface area contributed by atoms with Gasteiger partial charge in [-0.15, -0.1) is 0 Å². The van der Waals surface area contributed by atoms with Gasteiger partial charge in [0.2, 0.25) is 5.91 Å². The van der Waals surface area contributed by atoms with Gasteiger partial charge in [-0.2, -0.15) is 0 Å². The second-order valence-electron chi connectivity index (χ2n) is 5.21. The summed E-state index contributed by atoms with van der Waals surface area (Å²) in [7, 11) is 0. The van der Waals surface area contributed by atoms with E-state index in [0.29, 0.717) is 11.4 Å². The summed E-state index contributed by atoms with van der Waals surface area (Å²) in [5.74, 6) is 0.107. The molecule has 1 aliphatic rings. The highest BCUT2D eigenvalue weighted by Gasteiger charge is 2.30. The molecule has 2 nitrogen and oxygen atoms in total. The number of halogens is 1. The van der Waals surface area contributed by atoms with E-state index in [1.807, 2.05) is 47.4 Å². The number of anilines is 1. The topological polar surface area (TPSA) is 20.3 Å². The zero-order valence-corrected chi connectivity index (χ0v) is 12.1. The standard InChI is InChI=1S/C17H16ClNO/c1-12-10-14-7-3-5-9-16(14)19(12)17(20)11-13-6-2-4-8-15(13)18/h2-9,12H,10-11H2,1H3/t12-/m1/s1. The van der Waals surface area contributed by atoms with Crippen molar-refractivity contribution >= 4 is 23.2 Å². The van der Waals surface area contributed by atoms with Crippen LogP contribution in [0, 0.1) is 0 Å². The lowest BCUT2D eigenvalue weighted by Crippen LogP contribution is -2.36. The zero-order chi connectivity index (χ0) is 14.1. The molecule has 1 heterocycles. The third kappa shape index (κ3) is 2.32. The van der Waals surface area contributed by atoms with E-state index in [1.165, 1.54) is 5.56 Å². The lowest BCUT2D eigenvalue weighted by atomic mass is 10.1. The smallest absolute Gasteiger partial charge is 0.231 e. The molecule has 0 unspecified atom stereocenters. The van der Waals surface area contributed by atoms with E-state index < -0.39 is 0 Å². The van der Waals surface area contributed by atoms with Crippen LogP contribution in [0.3, 0.4) is 0 Å². The molecule has 0 radical (unpaired) electrons. The molecular formula is C17H16ClNO. The first-order valence-electron chi connectivity index (χ1n) is 6.80. The van der Waals surface area contributed by atoms with Gasteiger partial charge in [-0.3, -0.25) is 4.79 Å². The van der Waals surface area contributed by atoms with Crippen LogP contribution in [0.2, 0.25) is 5.02 Å². The van der Waals surface area contributed by atoms with Crippen molar-refractivity contribution in [3.8, 4) is 0 Å². The highest BCUT2D eigenvalue weighted by atomic mass is 35.5. The van der Waals surface area contributed by atoms with Crippen LogP contribution in [0.4, 0.5) is 5.69 Å². The summed E-state index contributed by atoms with van der Waals surface area (Å²) in [6.07, 6.45) is 1.27. The predicted molar refractivity (Wildman–Crippen MR) is 82.3 cm³/mol. The molecule has 0 bridgehead atoms. The number of carbonyl (C=O) groups excluding carboxylic acids is 1. The van der Waals surface area contributed by atoms with Crippen LogP contribution in [-0.2, 0) is 17.6 Å². The molecule has 0 aromatic heterocycles. The van der Waals surface area contributed by atoms with Crippen LogP contribution in [0.15, 0.2) is 48.5 Å². The Labute approximate surface area is 124 Å². The van der Waals surface area contributed by atoms with E-state index >= 15 is 0 Å². The second kappa shape index (κ2) is 5.29. The van der Waals surface area contributed by atoms with Gasteiger partial charge in [-0.05, 0) is 36.6 Å². The fourth-order valence-electron chi connectivity index (χ4n) is 2.84. The summed E-state index contributed by atoms with van der Waals surface area (Å²) < 4.78 is 0. The summed E-state index contributed by atoms with van der Waals surface area (Å²) >= 11 is 6.14. The summed E-state index contributed by atoms with van der Waals surface area (Å²) in [4.78, 5) is 14.5. The lowest BCUT2D eigenvalue weighted by molar-refractivity contribution is -0.118. The van der Waals surface area contributed by atoms with Crippen LogP contribution >= 0.6 is 11.6 Å². The Morgan fingerprint density at radius 2 is 1.90 bits per heavy atom. The number of fused-ring (bicyclic) bond motifs is 1. The Morgan fingerprint density at radius 3 is 2.70 bits per heavy atom. The van der Waals surface area contributed by atoms with Crippen molar-refractivity contribution in [1.29, 1.82) is 0 Å². The third-order valence-electron chi connectivity index (χ3n) is 3.78. The van der Waals surface area contributed by atoms with Gasteiger partial charge in [-0.25, -0.2) is 0 Å². The van der Waals surface area contributed by atoms with Crippen molar-refractivity contribution in [2.24, 2.45) is 0 Å². The largest absolute Gasteiger partial charge is 0.309 e. The average molecular weight is 286 g/mol. The molecule has 2 aromatic rings. The molecule has 0 N–H and O–H groups in total. The summed E-state index contributed by atoms with van der Waals surface area (Å²) in [6.45, 7) is 2.09. The minimum atomic E-state index is 0.107. The zero-order valence-electron chi connectivity index (χ0n) is 11.3. The van der Waals surface area contributed by atoms with Gasteiger partial charge >= 0.3 is 0 Å². The number of carbonyl (C=O) groups is 1. The highest BCUT2D eigenvalue weighted by molar-refractivity contribution is 6.31. The van der Waals surface area contributed by atoms with Crippen LogP contribution in [0.5, 0.6) is 0 Å². The Kier molecular flexibility index (Phi) is 3.49. The van der Waals surface area contributed by atoms with E-state index in [4.69, 9.17) is 11.6 Å². The highest BCUT2D eigenvalue weighted by Crippen LogP contribution is 2.32. The van der Waals surface area contributed by atoms with Crippen molar-refractivity contribution in [1.82, 2.24) is 0 Å². The quantitative estimate of drug-likeness (QED) is 0.820. The molecule has 20 heavy (non-hydrogen) atoms. The molecule has 0 saturated heterocycles. The van der Waals surface area contributed by atoms with Gasteiger partial charge in [0.25, 0.3) is 0 Å². The lowest BCUT2D eigenvalue weighted by Gasteiger charge is -2.23. The normalized spacial score (nSPS) is 17.1. The predicted octanol–water partition coefficient (Wildman–Crippen LogP) is 3.86.